The lowest BCUT2D eigenvalue weighted by Gasteiger charge is -1.94. The molecular formula is C14H13N3OS2. The van der Waals surface area contributed by atoms with E-state index in [0.29, 0.717) is 5.13 Å². The molecule has 3 rings (SSSR count). The number of thioether (sulfide) groups is 1. The molecule has 2 heterocycles. The summed E-state index contributed by atoms with van der Waals surface area (Å²) in [5.74, 6) is 1.57. The van der Waals surface area contributed by atoms with Crippen LogP contribution in [0, 0.1) is 6.92 Å². The van der Waals surface area contributed by atoms with Crippen LogP contribution in [0.2, 0.25) is 0 Å². The molecule has 0 saturated carbocycles. The second kappa shape index (κ2) is 5.68. The number of nitrogen functional groups attached to an aromatic ring is 1. The molecular weight excluding hydrogens is 290 g/mol. The molecule has 0 spiro atoms. The lowest BCUT2D eigenvalue weighted by Crippen LogP contribution is -1.80. The lowest BCUT2D eigenvalue weighted by atomic mass is 10.1. The molecule has 4 nitrogen and oxygen atoms in total. The zero-order valence-corrected chi connectivity index (χ0v) is 12.5. The van der Waals surface area contributed by atoms with Gasteiger partial charge in [0.25, 0.3) is 0 Å². The van der Waals surface area contributed by atoms with Crippen LogP contribution in [0.4, 0.5) is 5.13 Å². The van der Waals surface area contributed by atoms with E-state index in [9.17, 15) is 0 Å². The average Bonchev–Trinajstić information content (AvgIpc) is 3.04. The van der Waals surface area contributed by atoms with Crippen molar-refractivity contribution in [1.29, 1.82) is 0 Å². The van der Waals surface area contributed by atoms with Crippen molar-refractivity contribution in [1.82, 2.24) is 10.1 Å². The maximum absolute atomic E-state index is 5.69. The lowest BCUT2D eigenvalue weighted by molar-refractivity contribution is 0.397. The molecule has 2 N–H and O–H groups in total. The molecule has 20 heavy (non-hydrogen) atoms. The number of nitrogens with zero attached hydrogens (tertiary/aromatic N) is 2. The Morgan fingerprint density at radius 1 is 1.30 bits per heavy atom. The topological polar surface area (TPSA) is 64.9 Å². The second-order valence-corrected chi connectivity index (χ2v) is 6.53. The zero-order valence-electron chi connectivity index (χ0n) is 10.9. The maximum atomic E-state index is 5.69. The SMILES string of the molecule is Cc1nc(N)sc1SCc1cc(-c2ccccc2)no1. The van der Waals surface area contributed by atoms with Gasteiger partial charge in [-0.25, -0.2) is 4.98 Å². The van der Waals surface area contributed by atoms with Crippen LogP contribution < -0.4 is 5.73 Å². The van der Waals surface area contributed by atoms with Gasteiger partial charge in [0.1, 0.15) is 11.5 Å². The van der Waals surface area contributed by atoms with Gasteiger partial charge in [0.2, 0.25) is 0 Å². The predicted molar refractivity (Wildman–Crippen MR) is 82.8 cm³/mol. The Morgan fingerprint density at radius 2 is 2.10 bits per heavy atom. The summed E-state index contributed by atoms with van der Waals surface area (Å²) in [5.41, 5.74) is 8.58. The van der Waals surface area contributed by atoms with Crippen LogP contribution in [0.1, 0.15) is 11.5 Å². The Bertz CT molecular complexity index is 706. The molecule has 102 valence electrons. The van der Waals surface area contributed by atoms with E-state index in [0.717, 1.165) is 32.7 Å². The highest BCUT2D eigenvalue weighted by Crippen LogP contribution is 2.33. The van der Waals surface area contributed by atoms with E-state index < -0.39 is 0 Å². The van der Waals surface area contributed by atoms with Crippen molar-refractivity contribution in [3.63, 3.8) is 0 Å². The van der Waals surface area contributed by atoms with Crippen molar-refractivity contribution < 1.29 is 4.52 Å². The van der Waals surface area contributed by atoms with Gasteiger partial charge in [-0.05, 0) is 6.92 Å². The Morgan fingerprint density at radius 3 is 2.80 bits per heavy atom. The minimum atomic E-state index is 0.604. The van der Waals surface area contributed by atoms with Crippen LogP contribution in [0.15, 0.2) is 45.1 Å². The number of anilines is 1. The normalized spacial score (nSPS) is 10.8. The molecule has 0 radical (unpaired) electrons. The Labute approximate surface area is 125 Å². The van der Waals surface area contributed by atoms with Crippen molar-refractivity contribution in [2.24, 2.45) is 0 Å². The van der Waals surface area contributed by atoms with Crippen molar-refractivity contribution in [3.05, 3.63) is 47.9 Å². The molecule has 1 aromatic carbocycles. The summed E-state index contributed by atoms with van der Waals surface area (Å²) in [6.07, 6.45) is 0. The van der Waals surface area contributed by atoms with Gasteiger partial charge in [0, 0.05) is 11.6 Å². The van der Waals surface area contributed by atoms with Gasteiger partial charge in [-0.1, -0.05) is 46.8 Å². The third-order valence-corrected chi connectivity index (χ3v) is 5.12. The molecule has 0 unspecified atom stereocenters. The highest BCUT2D eigenvalue weighted by atomic mass is 32.2. The van der Waals surface area contributed by atoms with Crippen LogP contribution in [0.5, 0.6) is 0 Å². The number of rotatable bonds is 4. The summed E-state index contributed by atoms with van der Waals surface area (Å²) in [6.45, 7) is 1.96. The fraction of sp³-hybridized carbons (Fsp3) is 0.143. The summed E-state index contributed by atoms with van der Waals surface area (Å²) >= 11 is 3.18. The Kier molecular flexibility index (Phi) is 3.75. The number of aromatic nitrogens is 2. The van der Waals surface area contributed by atoms with Crippen molar-refractivity contribution in [2.75, 3.05) is 5.73 Å². The number of aryl methyl sites for hydroxylation is 1. The van der Waals surface area contributed by atoms with Gasteiger partial charge in [-0.15, -0.1) is 11.8 Å². The fourth-order valence-electron chi connectivity index (χ4n) is 1.80. The van der Waals surface area contributed by atoms with E-state index >= 15 is 0 Å². The van der Waals surface area contributed by atoms with Crippen LogP contribution in [-0.4, -0.2) is 10.1 Å². The summed E-state index contributed by atoms with van der Waals surface area (Å²) in [5, 5.41) is 4.71. The van der Waals surface area contributed by atoms with E-state index in [-0.39, 0.29) is 0 Å². The molecule has 0 aliphatic heterocycles. The standard InChI is InChI=1S/C14H13N3OS2/c1-9-13(20-14(15)16-9)19-8-11-7-12(17-18-11)10-5-3-2-4-6-10/h2-7H,8H2,1H3,(H2,15,16). The molecule has 0 aliphatic rings. The van der Waals surface area contributed by atoms with Crippen LogP contribution in [0.25, 0.3) is 11.3 Å². The molecule has 3 aromatic rings. The molecule has 0 fully saturated rings. The molecule has 0 aliphatic carbocycles. The minimum Gasteiger partial charge on any atom is -0.375 e. The average molecular weight is 303 g/mol. The highest BCUT2D eigenvalue weighted by molar-refractivity contribution is 8.00. The largest absolute Gasteiger partial charge is 0.375 e. The van der Waals surface area contributed by atoms with E-state index in [1.165, 1.54) is 11.3 Å². The van der Waals surface area contributed by atoms with Gasteiger partial charge in [-0.2, -0.15) is 0 Å². The summed E-state index contributed by atoms with van der Waals surface area (Å²) in [7, 11) is 0. The van der Waals surface area contributed by atoms with Gasteiger partial charge < -0.3 is 10.3 Å². The van der Waals surface area contributed by atoms with Crippen molar-refractivity contribution in [2.45, 2.75) is 16.9 Å². The Hall–Kier alpha value is -1.79. The quantitative estimate of drug-likeness (QED) is 0.738. The first-order valence-corrected chi connectivity index (χ1v) is 7.89. The fourth-order valence-corrected chi connectivity index (χ4v) is 3.70. The van der Waals surface area contributed by atoms with Gasteiger partial charge in [-0.3, -0.25) is 0 Å². The van der Waals surface area contributed by atoms with Crippen LogP contribution >= 0.6 is 23.1 Å². The minimum absolute atomic E-state index is 0.604. The number of nitrogens with two attached hydrogens (primary N) is 1. The highest BCUT2D eigenvalue weighted by Gasteiger charge is 2.10. The van der Waals surface area contributed by atoms with E-state index in [4.69, 9.17) is 10.3 Å². The number of hydrogen-bond donors (Lipinski definition) is 1. The van der Waals surface area contributed by atoms with E-state index in [1.54, 1.807) is 11.8 Å². The Balaban J connectivity index is 1.70. The van der Waals surface area contributed by atoms with Crippen molar-refractivity contribution in [3.8, 4) is 11.3 Å². The molecule has 0 amide bonds. The number of benzene rings is 1. The van der Waals surface area contributed by atoms with Gasteiger partial charge >= 0.3 is 0 Å². The third kappa shape index (κ3) is 2.86. The van der Waals surface area contributed by atoms with Crippen LogP contribution in [0.3, 0.4) is 0 Å². The first-order valence-electron chi connectivity index (χ1n) is 6.09. The van der Waals surface area contributed by atoms with Crippen LogP contribution in [-0.2, 0) is 5.75 Å². The maximum Gasteiger partial charge on any atom is 0.181 e. The third-order valence-electron chi connectivity index (χ3n) is 2.74. The molecule has 0 atom stereocenters. The zero-order chi connectivity index (χ0) is 13.9. The monoisotopic (exact) mass is 303 g/mol. The summed E-state index contributed by atoms with van der Waals surface area (Å²) < 4.78 is 6.49. The van der Waals surface area contributed by atoms with Gasteiger partial charge in [0.15, 0.2) is 5.13 Å². The first-order chi connectivity index (χ1) is 9.72. The van der Waals surface area contributed by atoms with Crippen molar-refractivity contribution >= 4 is 28.2 Å². The predicted octanol–water partition coefficient (Wildman–Crippen LogP) is 3.98. The first kappa shape index (κ1) is 13.2. The summed E-state index contributed by atoms with van der Waals surface area (Å²) in [4.78, 5) is 4.21. The molecule has 0 saturated heterocycles. The van der Waals surface area contributed by atoms with E-state index in [2.05, 4.69) is 10.1 Å². The smallest absolute Gasteiger partial charge is 0.181 e. The summed E-state index contributed by atoms with van der Waals surface area (Å²) in [6, 6.07) is 12.0. The van der Waals surface area contributed by atoms with Gasteiger partial charge in [0.05, 0.1) is 15.7 Å². The number of hydrogen-bond acceptors (Lipinski definition) is 6. The second-order valence-electron chi connectivity index (χ2n) is 4.26. The molecule has 2 aromatic heterocycles. The molecule has 6 heteroatoms. The number of thiazole rings is 1. The van der Waals surface area contributed by atoms with E-state index in [1.807, 2.05) is 43.3 Å². The molecule has 0 bridgehead atoms.